The highest BCUT2D eigenvalue weighted by Gasteiger charge is 2.34. The maximum atomic E-state index is 14.0. The number of benzene rings is 2. The highest BCUT2D eigenvalue weighted by molar-refractivity contribution is 6.30. The van der Waals surface area contributed by atoms with E-state index in [-0.39, 0.29) is 0 Å². The average Bonchev–Trinajstić information content (AvgIpc) is 3.33. The molecule has 0 unspecified atom stereocenters. The van der Waals surface area contributed by atoms with Crippen molar-refractivity contribution in [3.05, 3.63) is 76.1 Å². The Morgan fingerprint density at radius 1 is 1.16 bits per heavy atom. The Morgan fingerprint density at radius 3 is 2.52 bits per heavy atom. The minimum atomic E-state index is -1.18. The zero-order valence-electron chi connectivity index (χ0n) is 16.6. The number of aryl methyl sites for hydroxylation is 1. The van der Waals surface area contributed by atoms with Crippen LogP contribution in [-0.2, 0) is 6.54 Å². The SMILES string of the molecule is Cc1nnc([C@H]2CCCN2C(=O)Nc2c(F)cc(F)cc2F)n1Cc1ccc(Cl)cc1. The Labute approximate surface area is 181 Å². The largest absolute Gasteiger partial charge is 0.322 e. The van der Waals surface area contributed by atoms with Crippen LogP contribution in [0.2, 0.25) is 5.02 Å². The molecule has 1 N–H and O–H groups in total. The molecule has 162 valence electrons. The van der Waals surface area contributed by atoms with E-state index in [1.165, 1.54) is 4.90 Å². The number of rotatable bonds is 4. The van der Waals surface area contributed by atoms with E-state index in [0.29, 0.717) is 54.7 Å². The van der Waals surface area contributed by atoms with Gasteiger partial charge in [0, 0.05) is 23.7 Å². The Kier molecular flexibility index (Phi) is 5.86. The molecular weight excluding hydrogens is 431 g/mol. The number of nitrogens with one attached hydrogen (secondary N) is 1. The van der Waals surface area contributed by atoms with Crippen LogP contribution in [0.3, 0.4) is 0 Å². The highest BCUT2D eigenvalue weighted by atomic mass is 35.5. The molecule has 2 heterocycles. The van der Waals surface area contributed by atoms with Crippen molar-refractivity contribution in [2.24, 2.45) is 0 Å². The lowest BCUT2D eigenvalue weighted by Gasteiger charge is -2.25. The summed E-state index contributed by atoms with van der Waals surface area (Å²) in [7, 11) is 0. The minimum Gasteiger partial charge on any atom is -0.314 e. The van der Waals surface area contributed by atoms with Gasteiger partial charge in [-0.15, -0.1) is 10.2 Å². The van der Waals surface area contributed by atoms with Crippen LogP contribution in [0.15, 0.2) is 36.4 Å². The van der Waals surface area contributed by atoms with Crippen LogP contribution in [-0.4, -0.2) is 32.2 Å². The van der Waals surface area contributed by atoms with Gasteiger partial charge in [0.2, 0.25) is 0 Å². The smallest absolute Gasteiger partial charge is 0.314 e. The van der Waals surface area contributed by atoms with Gasteiger partial charge in [0.1, 0.15) is 17.3 Å². The Bertz CT molecular complexity index is 1100. The fraction of sp³-hybridized carbons (Fsp3) is 0.286. The molecule has 1 aromatic heterocycles. The van der Waals surface area contributed by atoms with E-state index in [9.17, 15) is 18.0 Å². The second kappa shape index (κ2) is 8.58. The molecule has 4 rings (SSSR count). The van der Waals surface area contributed by atoms with Crippen molar-refractivity contribution in [1.29, 1.82) is 0 Å². The first-order chi connectivity index (χ1) is 14.8. The average molecular weight is 450 g/mol. The predicted molar refractivity (Wildman–Crippen MR) is 109 cm³/mol. The number of halogens is 4. The quantitative estimate of drug-likeness (QED) is 0.604. The summed E-state index contributed by atoms with van der Waals surface area (Å²) in [6.07, 6.45) is 1.32. The third-order valence-electron chi connectivity index (χ3n) is 5.27. The van der Waals surface area contributed by atoms with Gasteiger partial charge in [-0.25, -0.2) is 18.0 Å². The van der Waals surface area contributed by atoms with E-state index in [1.807, 2.05) is 23.6 Å². The first-order valence-corrected chi connectivity index (χ1v) is 10.1. The number of anilines is 1. The molecule has 31 heavy (non-hydrogen) atoms. The topological polar surface area (TPSA) is 63.1 Å². The summed E-state index contributed by atoms with van der Waals surface area (Å²) >= 11 is 5.95. The van der Waals surface area contributed by atoms with Gasteiger partial charge in [0.15, 0.2) is 17.5 Å². The predicted octanol–water partition coefficient (Wildman–Crippen LogP) is 5.07. The molecule has 0 bridgehead atoms. The monoisotopic (exact) mass is 449 g/mol. The van der Waals surface area contributed by atoms with Crippen molar-refractivity contribution >= 4 is 23.3 Å². The molecule has 0 saturated carbocycles. The number of nitrogens with zero attached hydrogens (tertiary/aromatic N) is 4. The molecule has 1 fully saturated rings. The van der Waals surface area contributed by atoms with Crippen molar-refractivity contribution < 1.29 is 18.0 Å². The van der Waals surface area contributed by atoms with Crippen LogP contribution in [0.1, 0.15) is 36.1 Å². The summed E-state index contributed by atoms with van der Waals surface area (Å²) in [4.78, 5) is 14.3. The van der Waals surface area contributed by atoms with Crippen molar-refractivity contribution in [3.63, 3.8) is 0 Å². The van der Waals surface area contributed by atoms with Crippen LogP contribution in [0.4, 0.5) is 23.7 Å². The summed E-state index contributed by atoms with van der Waals surface area (Å²) in [5.41, 5.74) is 0.300. The van der Waals surface area contributed by atoms with Crippen molar-refractivity contribution in [2.45, 2.75) is 32.4 Å². The lowest BCUT2D eigenvalue weighted by molar-refractivity contribution is 0.203. The standard InChI is InChI=1S/C21H19ClF3N5O/c1-12-27-28-20(30(12)11-13-4-6-14(22)7-5-13)18-3-2-8-29(18)21(31)26-19-16(24)9-15(23)10-17(19)25/h4-7,9-10,18H,2-3,8,11H2,1H3,(H,26,31)/t18-/m1/s1. The number of amides is 2. The molecule has 3 aromatic rings. The lowest BCUT2D eigenvalue weighted by atomic mass is 10.2. The number of aromatic nitrogens is 3. The number of carbonyl (C=O) groups excluding carboxylic acids is 1. The van der Waals surface area contributed by atoms with E-state index >= 15 is 0 Å². The van der Waals surface area contributed by atoms with Gasteiger partial charge < -0.3 is 14.8 Å². The van der Waals surface area contributed by atoms with Gasteiger partial charge in [-0.2, -0.15) is 0 Å². The van der Waals surface area contributed by atoms with Crippen molar-refractivity contribution in [2.75, 3.05) is 11.9 Å². The van der Waals surface area contributed by atoms with E-state index in [4.69, 9.17) is 11.6 Å². The third kappa shape index (κ3) is 4.36. The third-order valence-corrected chi connectivity index (χ3v) is 5.52. The first-order valence-electron chi connectivity index (χ1n) is 9.70. The summed E-state index contributed by atoms with van der Waals surface area (Å²) in [6.45, 7) is 2.68. The van der Waals surface area contributed by atoms with Crippen LogP contribution in [0.5, 0.6) is 0 Å². The van der Waals surface area contributed by atoms with Gasteiger partial charge in [-0.1, -0.05) is 23.7 Å². The lowest BCUT2D eigenvalue weighted by Crippen LogP contribution is -2.36. The first kappa shape index (κ1) is 21.2. The fourth-order valence-corrected chi connectivity index (χ4v) is 3.86. The van der Waals surface area contributed by atoms with Crippen molar-refractivity contribution in [3.8, 4) is 0 Å². The minimum absolute atomic E-state index is 0.383. The second-order valence-electron chi connectivity index (χ2n) is 7.34. The molecule has 2 aromatic carbocycles. The van der Waals surface area contributed by atoms with Gasteiger partial charge in [0.25, 0.3) is 0 Å². The molecule has 1 atom stereocenters. The van der Waals surface area contributed by atoms with Gasteiger partial charge in [0.05, 0.1) is 12.6 Å². The Morgan fingerprint density at radius 2 is 1.84 bits per heavy atom. The number of hydrogen-bond acceptors (Lipinski definition) is 3. The molecule has 1 aliphatic rings. The summed E-state index contributed by atoms with van der Waals surface area (Å²) in [5.74, 6) is -2.16. The maximum absolute atomic E-state index is 14.0. The molecule has 0 aliphatic carbocycles. The number of likely N-dealkylation sites (tertiary alicyclic amines) is 1. The van der Waals surface area contributed by atoms with Crippen LogP contribution < -0.4 is 5.32 Å². The van der Waals surface area contributed by atoms with Gasteiger partial charge in [-0.3, -0.25) is 0 Å². The van der Waals surface area contributed by atoms with Crippen LogP contribution in [0, 0.1) is 24.4 Å². The highest BCUT2D eigenvalue weighted by Crippen LogP contribution is 2.33. The van der Waals surface area contributed by atoms with E-state index in [0.717, 1.165) is 5.56 Å². The summed E-state index contributed by atoms with van der Waals surface area (Å²) < 4.78 is 43.0. The zero-order valence-corrected chi connectivity index (χ0v) is 17.3. The van der Waals surface area contributed by atoms with E-state index < -0.39 is 35.2 Å². The number of urea groups is 1. The van der Waals surface area contributed by atoms with Gasteiger partial charge in [-0.05, 0) is 37.5 Å². The molecule has 2 amide bonds. The second-order valence-corrected chi connectivity index (χ2v) is 7.78. The molecule has 0 radical (unpaired) electrons. The van der Waals surface area contributed by atoms with Crippen molar-refractivity contribution in [1.82, 2.24) is 19.7 Å². The van der Waals surface area contributed by atoms with Gasteiger partial charge >= 0.3 is 6.03 Å². The Balaban J connectivity index is 1.58. The zero-order chi connectivity index (χ0) is 22.1. The molecule has 1 aliphatic heterocycles. The van der Waals surface area contributed by atoms with E-state index in [2.05, 4.69) is 15.5 Å². The number of carbonyl (C=O) groups is 1. The summed E-state index contributed by atoms with van der Waals surface area (Å²) in [5, 5.41) is 11.3. The normalized spacial score (nSPS) is 16.0. The molecule has 1 saturated heterocycles. The van der Waals surface area contributed by atoms with E-state index in [1.54, 1.807) is 12.1 Å². The fourth-order valence-electron chi connectivity index (χ4n) is 3.73. The van der Waals surface area contributed by atoms with Crippen LogP contribution in [0.25, 0.3) is 0 Å². The number of hydrogen-bond donors (Lipinski definition) is 1. The molecule has 10 heteroatoms. The molecular formula is C21H19ClF3N5O. The summed E-state index contributed by atoms with van der Waals surface area (Å²) in [6, 6.07) is 7.30. The maximum Gasteiger partial charge on any atom is 0.322 e. The molecule has 6 nitrogen and oxygen atoms in total. The Hall–Kier alpha value is -3.07. The molecule has 0 spiro atoms. The van der Waals surface area contributed by atoms with Crippen LogP contribution >= 0.6 is 11.6 Å².